The molecule has 8 nitrogen and oxygen atoms in total. The summed E-state index contributed by atoms with van der Waals surface area (Å²) < 4.78 is 0. The van der Waals surface area contributed by atoms with E-state index in [0.29, 0.717) is 12.2 Å². The minimum absolute atomic E-state index is 0.206. The molecule has 18 heavy (non-hydrogen) atoms. The number of aldehydes is 1. The molecule has 0 aliphatic heterocycles. The zero-order valence-electron chi connectivity index (χ0n) is 9.71. The number of nitrogens with two attached hydrogens (primary N) is 1. The molecule has 0 saturated heterocycles. The number of amides is 2. The van der Waals surface area contributed by atoms with Gasteiger partial charge in [0.25, 0.3) is 0 Å². The summed E-state index contributed by atoms with van der Waals surface area (Å²) >= 11 is 1.21. The van der Waals surface area contributed by atoms with Gasteiger partial charge >= 0.3 is 5.97 Å². The van der Waals surface area contributed by atoms with Crippen LogP contribution in [0.25, 0.3) is 0 Å². The molecule has 0 aliphatic carbocycles. The van der Waals surface area contributed by atoms with Crippen molar-refractivity contribution >= 4 is 35.8 Å². The van der Waals surface area contributed by atoms with Crippen LogP contribution >= 0.6 is 11.8 Å². The van der Waals surface area contributed by atoms with Crippen LogP contribution in [-0.2, 0) is 19.2 Å². The van der Waals surface area contributed by atoms with Crippen LogP contribution in [0.3, 0.4) is 0 Å². The predicted molar refractivity (Wildman–Crippen MR) is 64.7 cm³/mol. The highest BCUT2D eigenvalue weighted by atomic mass is 32.2. The molecule has 0 bridgehead atoms. The van der Waals surface area contributed by atoms with Gasteiger partial charge in [0, 0.05) is 12.7 Å². The van der Waals surface area contributed by atoms with Gasteiger partial charge in [0.15, 0.2) is 6.04 Å². The minimum atomic E-state index is -1.70. The number of carboxylic acid groups (broad SMARTS) is 1. The molecule has 0 spiro atoms. The molecule has 0 heterocycles. The average molecular weight is 277 g/mol. The maximum atomic E-state index is 11.2. The van der Waals surface area contributed by atoms with Crippen molar-refractivity contribution in [1.29, 1.82) is 0 Å². The Kier molecular flexibility index (Phi) is 7.72. The molecule has 0 aliphatic rings. The molecule has 0 aromatic rings. The lowest BCUT2D eigenvalue weighted by Crippen LogP contribution is -2.50. The van der Waals surface area contributed by atoms with E-state index in [4.69, 9.17) is 10.8 Å². The van der Waals surface area contributed by atoms with Crippen molar-refractivity contribution in [2.45, 2.75) is 19.0 Å². The molecule has 0 saturated carbocycles. The maximum absolute atomic E-state index is 11.2. The topological polar surface area (TPSA) is 139 Å². The Morgan fingerprint density at radius 3 is 2.50 bits per heavy atom. The fourth-order valence-electron chi connectivity index (χ4n) is 0.838. The van der Waals surface area contributed by atoms with E-state index < -0.39 is 24.0 Å². The Balaban J connectivity index is 4.03. The quantitative estimate of drug-likeness (QED) is 0.173. The summed E-state index contributed by atoms with van der Waals surface area (Å²) in [6.07, 6.45) is 0.479. The second kappa shape index (κ2) is 8.48. The molecule has 0 rings (SSSR count). The van der Waals surface area contributed by atoms with E-state index in [2.05, 4.69) is 10.6 Å². The molecule has 2 atom stereocenters. The summed E-state index contributed by atoms with van der Waals surface area (Å²) in [6.45, 7) is 1.35. The van der Waals surface area contributed by atoms with Gasteiger partial charge < -0.3 is 26.3 Å². The third-order valence-corrected chi connectivity index (χ3v) is 2.70. The first-order chi connectivity index (χ1) is 8.38. The van der Waals surface area contributed by atoms with E-state index in [0.717, 1.165) is 0 Å². The Morgan fingerprint density at radius 2 is 2.06 bits per heavy atom. The van der Waals surface area contributed by atoms with Gasteiger partial charge in [0.2, 0.25) is 11.8 Å². The van der Waals surface area contributed by atoms with Crippen molar-refractivity contribution in [1.82, 2.24) is 10.6 Å². The Morgan fingerprint density at radius 1 is 1.44 bits per heavy atom. The first-order valence-corrected chi connectivity index (χ1v) is 6.10. The molecule has 102 valence electrons. The van der Waals surface area contributed by atoms with E-state index in [9.17, 15) is 19.2 Å². The molecule has 2 amide bonds. The van der Waals surface area contributed by atoms with E-state index in [1.807, 2.05) is 0 Å². The summed E-state index contributed by atoms with van der Waals surface area (Å²) in [7, 11) is 0. The SMILES string of the molecule is CC(=O)NCSC[C@H](C=O)NC(=O)[C@H](N)C(=O)O. The summed E-state index contributed by atoms with van der Waals surface area (Å²) in [5, 5.41) is 13.2. The van der Waals surface area contributed by atoms with Crippen LogP contribution in [0.4, 0.5) is 0 Å². The van der Waals surface area contributed by atoms with Crippen LogP contribution in [0.1, 0.15) is 6.92 Å². The van der Waals surface area contributed by atoms with E-state index in [-0.39, 0.29) is 11.7 Å². The molecule has 5 N–H and O–H groups in total. The number of hydrogen-bond acceptors (Lipinski definition) is 6. The van der Waals surface area contributed by atoms with Crippen molar-refractivity contribution in [3.63, 3.8) is 0 Å². The second-order valence-corrected chi connectivity index (χ2v) is 4.35. The van der Waals surface area contributed by atoms with Gasteiger partial charge in [-0.25, -0.2) is 4.79 Å². The van der Waals surface area contributed by atoms with Crippen LogP contribution in [0, 0.1) is 0 Å². The maximum Gasteiger partial charge on any atom is 0.330 e. The number of carbonyl (C=O) groups excluding carboxylic acids is 3. The summed E-state index contributed by atoms with van der Waals surface area (Å²) in [6, 6.07) is -2.55. The zero-order valence-corrected chi connectivity index (χ0v) is 10.5. The average Bonchev–Trinajstić information content (AvgIpc) is 2.31. The number of thioether (sulfide) groups is 1. The van der Waals surface area contributed by atoms with Gasteiger partial charge in [-0.05, 0) is 0 Å². The van der Waals surface area contributed by atoms with Crippen molar-refractivity contribution in [2.75, 3.05) is 11.6 Å². The van der Waals surface area contributed by atoms with Gasteiger partial charge in [-0.3, -0.25) is 9.59 Å². The van der Waals surface area contributed by atoms with Gasteiger partial charge in [-0.1, -0.05) is 0 Å². The van der Waals surface area contributed by atoms with E-state index >= 15 is 0 Å². The highest BCUT2D eigenvalue weighted by Gasteiger charge is 2.23. The van der Waals surface area contributed by atoms with Gasteiger partial charge in [0.05, 0.1) is 11.9 Å². The van der Waals surface area contributed by atoms with Gasteiger partial charge in [0.1, 0.15) is 6.29 Å². The zero-order chi connectivity index (χ0) is 14.1. The Hall–Kier alpha value is -1.61. The molecule has 0 fully saturated rings. The number of hydrogen-bond donors (Lipinski definition) is 4. The number of aliphatic carboxylic acids is 1. The fraction of sp³-hybridized carbons (Fsp3) is 0.556. The third kappa shape index (κ3) is 6.86. The van der Waals surface area contributed by atoms with Crippen LogP contribution < -0.4 is 16.4 Å². The standard InChI is InChI=1S/C9H15N3O5S/c1-5(14)11-4-18-3-6(2-13)12-8(15)7(10)9(16)17/h2,6-7H,3-4,10H2,1H3,(H,11,14)(H,12,15)(H,16,17)/t6-,7-/m0/s1. The number of rotatable bonds is 8. The Bertz CT molecular complexity index is 336. The normalized spacial score (nSPS) is 13.2. The van der Waals surface area contributed by atoms with E-state index in [1.165, 1.54) is 18.7 Å². The Labute approximate surface area is 108 Å². The predicted octanol–water partition coefficient (Wildman–Crippen LogP) is -2.09. The summed E-state index contributed by atoms with van der Waals surface area (Å²) in [5.74, 6) is -2.10. The minimum Gasteiger partial charge on any atom is -0.480 e. The fourth-order valence-corrected chi connectivity index (χ4v) is 1.68. The number of carbonyl (C=O) groups is 4. The van der Waals surface area contributed by atoms with Crippen molar-refractivity contribution in [3.8, 4) is 0 Å². The highest BCUT2D eigenvalue weighted by molar-refractivity contribution is 7.99. The smallest absolute Gasteiger partial charge is 0.330 e. The summed E-state index contributed by atoms with van der Waals surface area (Å²) in [4.78, 5) is 42.9. The van der Waals surface area contributed by atoms with Crippen LogP contribution in [0.2, 0.25) is 0 Å². The molecule has 0 unspecified atom stereocenters. The van der Waals surface area contributed by atoms with Gasteiger partial charge in [-0.15, -0.1) is 11.8 Å². The van der Waals surface area contributed by atoms with Crippen molar-refractivity contribution < 1.29 is 24.3 Å². The molecule has 0 radical (unpaired) electrons. The van der Waals surface area contributed by atoms with Crippen LogP contribution in [0.15, 0.2) is 0 Å². The lowest BCUT2D eigenvalue weighted by molar-refractivity contribution is -0.143. The summed E-state index contributed by atoms with van der Waals surface area (Å²) in [5.41, 5.74) is 5.07. The first-order valence-electron chi connectivity index (χ1n) is 4.94. The lowest BCUT2D eigenvalue weighted by atomic mass is 10.2. The van der Waals surface area contributed by atoms with Crippen LogP contribution in [-0.4, -0.2) is 52.9 Å². The third-order valence-electron chi connectivity index (χ3n) is 1.76. The molecular formula is C9H15N3O5S. The number of carboxylic acids is 1. The monoisotopic (exact) mass is 277 g/mol. The first kappa shape index (κ1) is 16.4. The molecule has 0 aromatic heterocycles. The van der Waals surface area contributed by atoms with Crippen LogP contribution in [0.5, 0.6) is 0 Å². The second-order valence-electron chi connectivity index (χ2n) is 3.32. The molecule has 9 heteroatoms. The van der Waals surface area contributed by atoms with Crippen molar-refractivity contribution in [3.05, 3.63) is 0 Å². The highest BCUT2D eigenvalue weighted by Crippen LogP contribution is 1.99. The van der Waals surface area contributed by atoms with E-state index in [1.54, 1.807) is 0 Å². The lowest BCUT2D eigenvalue weighted by Gasteiger charge is -2.14. The number of nitrogens with one attached hydrogen (secondary N) is 2. The largest absolute Gasteiger partial charge is 0.480 e. The molecule has 0 aromatic carbocycles. The van der Waals surface area contributed by atoms with Crippen molar-refractivity contribution in [2.24, 2.45) is 5.73 Å². The van der Waals surface area contributed by atoms with Gasteiger partial charge in [-0.2, -0.15) is 0 Å². The molecular weight excluding hydrogens is 262 g/mol.